The molecule has 1 radical (unpaired) electrons. The van der Waals surface area contributed by atoms with Crippen LogP contribution in [-0.4, -0.2) is 0 Å². The molecule has 0 amide bonds. The molecule has 0 heteroatoms. The van der Waals surface area contributed by atoms with Gasteiger partial charge in [-0.1, -0.05) is 43.4 Å². The molecule has 0 bridgehead atoms. The molecule has 0 aliphatic carbocycles. The summed E-state index contributed by atoms with van der Waals surface area (Å²) in [4.78, 5) is 0. The van der Waals surface area contributed by atoms with Gasteiger partial charge in [0.25, 0.3) is 0 Å². The summed E-state index contributed by atoms with van der Waals surface area (Å²) in [5, 5.41) is 0. The average molecular weight is 157 g/mol. The zero-order valence-corrected chi connectivity index (χ0v) is 7.43. The van der Waals surface area contributed by atoms with E-state index in [0.29, 0.717) is 0 Å². The summed E-state index contributed by atoms with van der Waals surface area (Å²) in [6.45, 7) is 2.18. The second-order valence-corrected chi connectivity index (χ2v) is 2.68. The lowest BCUT2D eigenvalue weighted by Crippen LogP contribution is -1.72. The van der Waals surface area contributed by atoms with Crippen LogP contribution < -0.4 is 0 Å². The fraction of sp³-hybridized carbons (Fsp3) is 0.333. The Morgan fingerprint density at radius 3 is 3.00 bits per heavy atom. The number of hydrogen-bond donors (Lipinski definition) is 0. The van der Waals surface area contributed by atoms with Crippen LogP contribution in [0.25, 0.3) is 0 Å². The van der Waals surface area contributed by atoms with Gasteiger partial charge < -0.3 is 0 Å². The van der Waals surface area contributed by atoms with Gasteiger partial charge in [-0.05, 0) is 18.6 Å². The Balaban J connectivity index is 2.44. The number of hydrogen-bond acceptors (Lipinski definition) is 0. The minimum Gasteiger partial charge on any atom is -0.0979 e. The van der Waals surface area contributed by atoms with Crippen molar-refractivity contribution in [2.24, 2.45) is 0 Å². The smallest absolute Gasteiger partial charge is 0.0324 e. The van der Waals surface area contributed by atoms with Crippen LogP contribution in [0.2, 0.25) is 0 Å². The minimum absolute atomic E-state index is 0.994. The first-order valence-corrected chi connectivity index (χ1v) is 4.39. The molecule has 0 aliphatic heterocycles. The molecule has 0 aliphatic rings. The standard InChI is InChI=1S/C12H13/c1-2-3-4-6-9-12-10-7-5-8-11-12/h5,7-8,10H,2-4H2,1H3. The van der Waals surface area contributed by atoms with E-state index >= 15 is 0 Å². The Bertz CT molecular complexity index is 261. The highest BCUT2D eigenvalue weighted by molar-refractivity contribution is 5.32. The number of unbranched alkanes of at least 4 members (excludes halogenated alkanes) is 2. The van der Waals surface area contributed by atoms with E-state index < -0.39 is 0 Å². The van der Waals surface area contributed by atoms with Crippen molar-refractivity contribution < 1.29 is 0 Å². The molecular formula is C12H13. The Kier molecular flexibility index (Phi) is 4.02. The molecule has 0 saturated carbocycles. The molecule has 0 unspecified atom stereocenters. The topological polar surface area (TPSA) is 0 Å². The van der Waals surface area contributed by atoms with Gasteiger partial charge in [-0.25, -0.2) is 0 Å². The molecule has 1 aromatic carbocycles. The maximum absolute atomic E-state index is 3.12. The van der Waals surface area contributed by atoms with E-state index in [1.165, 1.54) is 12.8 Å². The first kappa shape index (κ1) is 8.87. The fourth-order valence-electron chi connectivity index (χ4n) is 0.894. The largest absolute Gasteiger partial charge is 0.0979 e. The molecular weight excluding hydrogens is 144 g/mol. The fourth-order valence-corrected chi connectivity index (χ4v) is 0.894. The molecule has 0 nitrogen and oxygen atoms in total. The van der Waals surface area contributed by atoms with Gasteiger partial charge in [-0.3, -0.25) is 0 Å². The molecule has 0 N–H and O–H groups in total. The summed E-state index contributed by atoms with van der Waals surface area (Å²) in [6, 6.07) is 10.9. The summed E-state index contributed by atoms with van der Waals surface area (Å²) in [5.41, 5.74) is 0.994. The van der Waals surface area contributed by atoms with E-state index in [4.69, 9.17) is 0 Å². The van der Waals surface area contributed by atoms with Crippen LogP contribution >= 0.6 is 0 Å². The summed E-state index contributed by atoms with van der Waals surface area (Å²) < 4.78 is 0. The summed E-state index contributed by atoms with van der Waals surface area (Å²) in [6.07, 6.45) is 3.41. The molecule has 0 spiro atoms. The summed E-state index contributed by atoms with van der Waals surface area (Å²) in [5.74, 6) is 6.20. The second-order valence-electron chi connectivity index (χ2n) is 2.68. The first-order chi connectivity index (χ1) is 5.93. The lowest BCUT2D eigenvalue weighted by atomic mass is 10.2. The molecule has 0 atom stereocenters. The van der Waals surface area contributed by atoms with Crippen molar-refractivity contribution in [1.29, 1.82) is 0 Å². The Morgan fingerprint density at radius 1 is 1.42 bits per heavy atom. The van der Waals surface area contributed by atoms with Gasteiger partial charge in [0.1, 0.15) is 0 Å². The third-order valence-electron chi connectivity index (χ3n) is 1.59. The minimum atomic E-state index is 0.994. The van der Waals surface area contributed by atoms with E-state index in [-0.39, 0.29) is 0 Å². The maximum Gasteiger partial charge on any atom is 0.0324 e. The van der Waals surface area contributed by atoms with Gasteiger partial charge in [0.15, 0.2) is 0 Å². The molecule has 0 heterocycles. The zero-order valence-electron chi connectivity index (χ0n) is 7.43. The van der Waals surface area contributed by atoms with Crippen molar-refractivity contribution in [3.63, 3.8) is 0 Å². The SMILES string of the molecule is CCCCC#Cc1[c]cccc1. The zero-order chi connectivity index (χ0) is 8.65. The van der Waals surface area contributed by atoms with Crippen LogP contribution in [0.3, 0.4) is 0 Å². The van der Waals surface area contributed by atoms with E-state index in [1.807, 2.05) is 24.3 Å². The highest BCUT2D eigenvalue weighted by Gasteiger charge is 1.81. The van der Waals surface area contributed by atoms with Crippen LogP contribution in [0.1, 0.15) is 31.7 Å². The van der Waals surface area contributed by atoms with Crippen molar-refractivity contribution in [3.8, 4) is 11.8 Å². The van der Waals surface area contributed by atoms with Crippen molar-refractivity contribution in [3.05, 3.63) is 35.9 Å². The second kappa shape index (κ2) is 5.43. The lowest BCUT2D eigenvalue weighted by Gasteiger charge is -1.86. The quantitative estimate of drug-likeness (QED) is 0.457. The van der Waals surface area contributed by atoms with Crippen LogP contribution in [0.15, 0.2) is 24.3 Å². The molecule has 12 heavy (non-hydrogen) atoms. The van der Waals surface area contributed by atoms with Crippen LogP contribution in [0.4, 0.5) is 0 Å². The molecule has 1 aromatic rings. The first-order valence-electron chi connectivity index (χ1n) is 4.39. The normalized spacial score (nSPS) is 8.75. The third-order valence-corrected chi connectivity index (χ3v) is 1.59. The van der Waals surface area contributed by atoms with Crippen molar-refractivity contribution in [1.82, 2.24) is 0 Å². The van der Waals surface area contributed by atoms with Gasteiger partial charge in [0, 0.05) is 12.0 Å². The van der Waals surface area contributed by atoms with E-state index in [9.17, 15) is 0 Å². The summed E-state index contributed by atoms with van der Waals surface area (Å²) in [7, 11) is 0. The van der Waals surface area contributed by atoms with Crippen LogP contribution in [-0.2, 0) is 0 Å². The monoisotopic (exact) mass is 157 g/mol. The van der Waals surface area contributed by atoms with Gasteiger partial charge in [0.05, 0.1) is 0 Å². The van der Waals surface area contributed by atoms with Crippen LogP contribution in [0.5, 0.6) is 0 Å². The predicted octanol–water partition coefficient (Wildman–Crippen LogP) is 3.03. The maximum atomic E-state index is 3.12. The highest BCUT2D eigenvalue weighted by atomic mass is 13.8. The van der Waals surface area contributed by atoms with E-state index in [0.717, 1.165) is 12.0 Å². The number of benzene rings is 1. The van der Waals surface area contributed by atoms with Crippen molar-refractivity contribution in [2.45, 2.75) is 26.2 Å². The van der Waals surface area contributed by atoms with Crippen LogP contribution in [0, 0.1) is 17.9 Å². The van der Waals surface area contributed by atoms with Gasteiger partial charge in [-0.15, -0.1) is 0 Å². The molecule has 1 rings (SSSR count). The van der Waals surface area contributed by atoms with Gasteiger partial charge in [-0.2, -0.15) is 0 Å². The lowest BCUT2D eigenvalue weighted by molar-refractivity contribution is 0.828. The Hall–Kier alpha value is -1.22. The molecule has 0 fully saturated rings. The molecule has 0 aromatic heterocycles. The predicted molar refractivity (Wildman–Crippen MR) is 51.7 cm³/mol. The van der Waals surface area contributed by atoms with Crippen molar-refractivity contribution in [2.75, 3.05) is 0 Å². The van der Waals surface area contributed by atoms with Gasteiger partial charge in [0.2, 0.25) is 0 Å². The highest BCUT2D eigenvalue weighted by Crippen LogP contribution is 1.95. The average Bonchev–Trinajstić information content (AvgIpc) is 2.14. The van der Waals surface area contributed by atoms with Crippen molar-refractivity contribution >= 4 is 0 Å². The molecule has 61 valence electrons. The van der Waals surface area contributed by atoms with Gasteiger partial charge >= 0.3 is 0 Å². The third kappa shape index (κ3) is 3.25. The Morgan fingerprint density at radius 2 is 2.33 bits per heavy atom. The molecule has 0 saturated heterocycles. The Labute approximate surface area is 74.6 Å². The van der Waals surface area contributed by atoms with E-state index in [1.54, 1.807) is 0 Å². The summed E-state index contributed by atoms with van der Waals surface area (Å²) >= 11 is 0. The van der Waals surface area contributed by atoms with E-state index in [2.05, 4.69) is 24.8 Å². The number of rotatable bonds is 2.